The second kappa shape index (κ2) is 9.60. The van der Waals surface area contributed by atoms with Crippen LogP contribution in [0.4, 0.5) is 19.1 Å². The maximum Gasteiger partial charge on any atom is 0.332 e. The van der Waals surface area contributed by atoms with Crippen LogP contribution in [0.25, 0.3) is 22.8 Å². The molecule has 1 aromatic heterocycles. The second-order valence-electron chi connectivity index (χ2n) is 8.43. The van der Waals surface area contributed by atoms with E-state index in [-0.39, 0.29) is 17.7 Å². The van der Waals surface area contributed by atoms with Crippen molar-refractivity contribution in [3.8, 4) is 11.1 Å². The zero-order chi connectivity index (χ0) is 27.9. The Bertz CT molecular complexity index is 1900. The fourth-order valence-electron chi connectivity index (χ4n) is 4.22. The summed E-state index contributed by atoms with van der Waals surface area (Å²) in [4.78, 5) is 26.2. The summed E-state index contributed by atoms with van der Waals surface area (Å²) < 4.78 is 72.8. The number of aromatic nitrogens is 1. The van der Waals surface area contributed by atoms with Gasteiger partial charge < -0.3 is 15.6 Å². The highest BCUT2D eigenvalue weighted by Crippen LogP contribution is 2.40. The fraction of sp³-hybridized carbons (Fsp3) is 0. The van der Waals surface area contributed by atoms with Gasteiger partial charge in [0.05, 0.1) is 16.0 Å². The van der Waals surface area contributed by atoms with Gasteiger partial charge in [-0.05, 0) is 65.7 Å². The van der Waals surface area contributed by atoms with Crippen LogP contribution >= 0.6 is 0 Å². The quantitative estimate of drug-likeness (QED) is 0.226. The number of fused-ring (bicyclic) bond motifs is 1. The molecule has 4 aromatic rings. The van der Waals surface area contributed by atoms with Crippen molar-refractivity contribution in [3.05, 3.63) is 95.8 Å². The van der Waals surface area contributed by atoms with E-state index in [2.05, 4.69) is 15.6 Å². The van der Waals surface area contributed by atoms with Gasteiger partial charge in [0, 0.05) is 28.8 Å². The minimum absolute atomic E-state index is 0.187. The van der Waals surface area contributed by atoms with Crippen LogP contribution in [-0.4, -0.2) is 33.6 Å². The molecule has 198 valence electrons. The van der Waals surface area contributed by atoms with Gasteiger partial charge in [0.1, 0.15) is 4.90 Å². The number of H-pyrrole nitrogens is 1. The largest absolute Gasteiger partial charge is 0.362 e. The first-order chi connectivity index (χ1) is 18.4. The van der Waals surface area contributed by atoms with Gasteiger partial charge in [0.25, 0.3) is 11.8 Å². The van der Waals surface area contributed by atoms with Crippen LogP contribution < -0.4 is 10.6 Å². The van der Waals surface area contributed by atoms with Crippen LogP contribution in [0.1, 0.15) is 21.6 Å². The number of hydrogen-bond donors (Lipinski definition) is 3. The average molecular weight is 570 g/mol. The first-order valence-electron chi connectivity index (χ1n) is 11.2. The second-order valence-corrected chi connectivity index (χ2v) is 11.1. The summed E-state index contributed by atoms with van der Waals surface area (Å²) in [5.41, 5.74) is 3.07. The lowest BCUT2D eigenvalue weighted by Crippen LogP contribution is -2.16. The van der Waals surface area contributed by atoms with E-state index in [9.17, 15) is 34.2 Å². The standard InChI is InChI=1S/C26H17F2N3O6S2/c27-38(34,35)18-9-10-20(23(14-18)39(28,36)37)25(32)30-17-5-1-4-15(12-17)19-7-2-8-22-24(19)21(26(33)31-22)13-16-6-3-11-29-16/h1-14,29H,(H,30,32)(H,31,33). The number of hydrogen-bond acceptors (Lipinski definition) is 6. The lowest BCUT2D eigenvalue weighted by molar-refractivity contribution is -0.110. The monoisotopic (exact) mass is 569 g/mol. The Morgan fingerprint density at radius 1 is 0.872 bits per heavy atom. The number of amides is 2. The summed E-state index contributed by atoms with van der Waals surface area (Å²) in [5, 5.41) is 5.27. The van der Waals surface area contributed by atoms with E-state index in [1.165, 1.54) is 6.07 Å². The minimum atomic E-state index is -5.58. The first-order valence-corrected chi connectivity index (χ1v) is 13.9. The number of nitrogens with one attached hydrogen (secondary N) is 3. The van der Waals surface area contributed by atoms with Crippen LogP contribution in [0.5, 0.6) is 0 Å². The molecule has 39 heavy (non-hydrogen) atoms. The molecule has 3 N–H and O–H groups in total. The Morgan fingerprint density at radius 3 is 2.33 bits per heavy atom. The van der Waals surface area contributed by atoms with Gasteiger partial charge in [0.15, 0.2) is 0 Å². The number of rotatable bonds is 6. The lowest BCUT2D eigenvalue weighted by atomic mass is 9.94. The average Bonchev–Trinajstić information content (AvgIpc) is 3.50. The van der Waals surface area contributed by atoms with E-state index >= 15 is 0 Å². The number of benzene rings is 3. The molecule has 2 amide bonds. The maximum atomic E-state index is 13.9. The SMILES string of the molecule is O=C1Nc2cccc(-c3cccc(NC(=O)c4ccc(S(=O)(=O)F)cc4S(=O)(=O)F)c3)c2C1=Cc1ccc[nH]1. The molecule has 0 unspecified atom stereocenters. The summed E-state index contributed by atoms with van der Waals surface area (Å²) in [5.74, 6) is -1.37. The molecular formula is C26H17F2N3O6S2. The lowest BCUT2D eigenvalue weighted by Gasteiger charge is -2.12. The summed E-state index contributed by atoms with van der Waals surface area (Å²) in [6.45, 7) is 0. The van der Waals surface area contributed by atoms with E-state index < -0.39 is 41.7 Å². The third-order valence-corrected chi connectivity index (χ3v) is 7.60. The third-order valence-electron chi connectivity index (χ3n) is 5.92. The van der Waals surface area contributed by atoms with Gasteiger partial charge in [-0.15, -0.1) is 7.77 Å². The zero-order valence-corrected chi connectivity index (χ0v) is 21.2. The fourth-order valence-corrected chi connectivity index (χ4v) is 5.48. The molecule has 2 heterocycles. The van der Waals surface area contributed by atoms with Crippen LogP contribution in [0.15, 0.2) is 88.8 Å². The normalized spacial score (nSPS) is 14.2. The number of carbonyl (C=O) groups excluding carboxylic acids is 2. The van der Waals surface area contributed by atoms with Crippen molar-refractivity contribution in [1.82, 2.24) is 4.98 Å². The highest BCUT2D eigenvalue weighted by molar-refractivity contribution is 7.87. The minimum Gasteiger partial charge on any atom is -0.362 e. The van der Waals surface area contributed by atoms with Gasteiger partial charge in [-0.2, -0.15) is 16.8 Å². The summed E-state index contributed by atoms with van der Waals surface area (Å²) in [6.07, 6.45) is 3.43. The molecule has 9 nitrogen and oxygen atoms in total. The molecule has 13 heteroatoms. The number of aromatic amines is 1. The number of halogens is 2. The summed E-state index contributed by atoms with van der Waals surface area (Å²) in [6, 6.07) is 16.9. The van der Waals surface area contributed by atoms with Crippen molar-refractivity contribution >= 4 is 55.3 Å². The molecule has 1 aliphatic heterocycles. The van der Waals surface area contributed by atoms with Crippen molar-refractivity contribution in [2.45, 2.75) is 9.79 Å². The topological polar surface area (TPSA) is 142 Å². The molecule has 5 rings (SSSR count). The van der Waals surface area contributed by atoms with Crippen molar-refractivity contribution in [1.29, 1.82) is 0 Å². The van der Waals surface area contributed by atoms with Crippen LogP contribution in [0, 0.1) is 0 Å². The Balaban J connectivity index is 1.52. The van der Waals surface area contributed by atoms with E-state index in [0.29, 0.717) is 45.8 Å². The highest BCUT2D eigenvalue weighted by atomic mass is 32.3. The van der Waals surface area contributed by atoms with E-state index in [0.717, 1.165) is 0 Å². The molecule has 0 spiro atoms. The molecule has 0 saturated heterocycles. The van der Waals surface area contributed by atoms with Crippen molar-refractivity contribution in [2.24, 2.45) is 0 Å². The van der Waals surface area contributed by atoms with Crippen molar-refractivity contribution in [3.63, 3.8) is 0 Å². The van der Waals surface area contributed by atoms with Gasteiger partial charge in [0.2, 0.25) is 0 Å². The summed E-state index contributed by atoms with van der Waals surface area (Å²) >= 11 is 0. The molecule has 3 aromatic carbocycles. The van der Waals surface area contributed by atoms with Crippen molar-refractivity contribution in [2.75, 3.05) is 10.6 Å². The molecule has 0 radical (unpaired) electrons. The molecule has 1 aliphatic rings. The Labute approximate surface area is 221 Å². The Kier molecular flexibility index (Phi) is 6.40. The Morgan fingerprint density at radius 2 is 1.64 bits per heavy atom. The zero-order valence-electron chi connectivity index (χ0n) is 19.6. The highest BCUT2D eigenvalue weighted by Gasteiger charge is 2.28. The van der Waals surface area contributed by atoms with Crippen LogP contribution in [-0.2, 0) is 25.2 Å². The molecule has 0 bridgehead atoms. The summed E-state index contributed by atoms with van der Waals surface area (Å²) in [7, 11) is -10.9. The predicted molar refractivity (Wildman–Crippen MR) is 140 cm³/mol. The van der Waals surface area contributed by atoms with E-state index in [1.807, 2.05) is 0 Å². The third kappa shape index (κ3) is 5.22. The van der Waals surface area contributed by atoms with Gasteiger partial charge in [-0.3, -0.25) is 9.59 Å². The van der Waals surface area contributed by atoms with Crippen LogP contribution in [0.3, 0.4) is 0 Å². The predicted octanol–water partition coefficient (Wildman–Crippen LogP) is 4.74. The van der Waals surface area contributed by atoms with E-state index in [1.54, 1.807) is 60.8 Å². The number of carbonyl (C=O) groups is 2. The molecule has 0 aliphatic carbocycles. The van der Waals surface area contributed by atoms with E-state index in [4.69, 9.17) is 0 Å². The Hall–Kier alpha value is -4.62. The smallest absolute Gasteiger partial charge is 0.332 e. The molecule has 0 fully saturated rings. The van der Waals surface area contributed by atoms with Crippen molar-refractivity contribution < 1.29 is 34.2 Å². The molecular weight excluding hydrogens is 552 g/mol. The molecule has 0 atom stereocenters. The first kappa shape index (κ1) is 26.0. The molecule has 0 saturated carbocycles. The van der Waals surface area contributed by atoms with Gasteiger partial charge in [-0.1, -0.05) is 24.3 Å². The van der Waals surface area contributed by atoms with Gasteiger partial charge >= 0.3 is 20.4 Å². The maximum absolute atomic E-state index is 13.9. The van der Waals surface area contributed by atoms with Gasteiger partial charge in [-0.25, -0.2) is 0 Å². The number of anilines is 2. The van der Waals surface area contributed by atoms with Crippen LogP contribution in [0.2, 0.25) is 0 Å².